The Morgan fingerprint density at radius 3 is 2.62 bits per heavy atom. The van der Waals surface area contributed by atoms with Crippen LogP contribution >= 0.6 is 0 Å². The standard InChI is InChI=1S/C23H28N6O5/c1-31-18-7-15(8-19(32-2)21(18)33-3)28-9-20(24-13-28)26-23-25-17-12-34-11-16(17)22(27-23)29-6-4-5-14(29)10-30/h7-9,13-14,30H,4-6,10-12H2,1-3H3,(H,25,26,27)/t14-/m0/s1. The number of hydrogen-bond acceptors (Lipinski definition) is 10. The highest BCUT2D eigenvalue weighted by molar-refractivity contribution is 5.60. The summed E-state index contributed by atoms with van der Waals surface area (Å²) in [6.45, 7) is 1.87. The number of aliphatic hydroxyl groups is 1. The second-order valence-electron chi connectivity index (χ2n) is 8.14. The molecule has 0 saturated carbocycles. The summed E-state index contributed by atoms with van der Waals surface area (Å²) in [4.78, 5) is 16.1. The molecule has 2 aliphatic heterocycles. The van der Waals surface area contributed by atoms with E-state index in [2.05, 4.69) is 20.2 Å². The highest BCUT2D eigenvalue weighted by Crippen LogP contribution is 2.39. The van der Waals surface area contributed by atoms with E-state index in [-0.39, 0.29) is 12.6 Å². The summed E-state index contributed by atoms with van der Waals surface area (Å²) >= 11 is 0. The SMILES string of the molecule is COc1cc(-n2cnc(Nc3nc4c(c(N5CCC[C@H]5CO)n3)COC4)c2)cc(OC)c1OC. The van der Waals surface area contributed by atoms with E-state index in [9.17, 15) is 5.11 Å². The van der Waals surface area contributed by atoms with Crippen LogP contribution in [0.3, 0.4) is 0 Å². The second-order valence-corrected chi connectivity index (χ2v) is 8.14. The van der Waals surface area contributed by atoms with E-state index in [1.165, 1.54) is 0 Å². The summed E-state index contributed by atoms with van der Waals surface area (Å²) in [7, 11) is 4.73. The van der Waals surface area contributed by atoms with Gasteiger partial charge in [-0.25, -0.2) is 9.97 Å². The number of rotatable bonds is 8. The lowest BCUT2D eigenvalue weighted by molar-refractivity contribution is 0.133. The van der Waals surface area contributed by atoms with Gasteiger partial charge in [0.05, 0.1) is 64.8 Å². The molecular weight excluding hydrogens is 440 g/mol. The number of benzene rings is 1. The van der Waals surface area contributed by atoms with Crippen molar-refractivity contribution in [2.75, 3.05) is 44.7 Å². The summed E-state index contributed by atoms with van der Waals surface area (Å²) in [5.41, 5.74) is 2.65. The Morgan fingerprint density at radius 2 is 1.91 bits per heavy atom. The number of aromatic nitrogens is 4. The molecule has 4 heterocycles. The molecule has 2 aromatic heterocycles. The minimum Gasteiger partial charge on any atom is -0.493 e. The molecule has 0 radical (unpaired) electrons. The van der Waals surface area contributed by atoms with Gasteiger partial charge in [-0.1, -0.05) is 0 Å². The van der Waals surface area contributed by atoms with Crippen molar-refractivity contribution in [3.05, 3.63) is 35.9 Å². The molecule has 1 fully saturated rings. The van der Waals surface area contributed by atoms with Crippen LogP contribution in [0.4, 0.5) is 17.6 Å². The predicted octanol–water partition coefficient (Wildman–Crippen LogP) is 2.42. The Morgan fingerprint density at radius 1 is 1.12 bits per heavy atom. The van der Waals surface area contributed by atoms with Crippen LogP contribution in [0, 0.1) is 0 Å². The maximum absolute atomic E-state index is 9.80. The van der Waals surface area contributed by atoms with E-state index in [1.54, 1.807) is 27.7 Å². The maximum Gasteiger partial charge on any atom is 0.230 e. The van der Waals surface area contributed by atoms with Crippen LogP contribution < -0.4 is 24.4 Å². The Hall–Kier alpha value is -3.57. The molecule has 1 atom stereocenters. The van der Waals surface area contributed by atoms with Gasteiger partial charge in [-0.3, -0.25) is 0 Å². The van der Waals surface area contributed by atoms with Crippen LogP contribution in [0.1, 0.15) is 24.1 Å². The summed E-state index contributed by atoms with van der Waals surface area (Å²) in [6.07, 6.45) is 5.48. The van der Waals surface area contributed by atoms with Crippen molar-refractivity contribution in [2.24, 2.45) is 0 Å². The zero-order valence-corrected chi connectivity index (χ0v) is 19.4. The van der Waals surface area contributed by atoms with Crippen molar-refractivity contribution in [2.45, 2.75) is 32.1 Å². The molecule has 0 bridgehead atoms. The van der Waals surface area contributed by atoms with Gasteiger partial charge in [-0.15, -0.1) is 0 Å². The van der Waals surface area contributed by atoms with Gasteiger partial charge in [0.1, 0.15) is 12.1 Å². The van der Waals surface area contributed by atoms with Gasteiger partial charge < -0.3 is 38.8 Å². The summed E-state index contributed by atoms with van der Waals surface area (Å²) in [5.74, 6) is 3.48. The molecule has 34 heavy (non-hydrogen) atoms. The third-order valence-electron chi connectivity index (χ3n) is 6.19. The molecule has 0 aliphatic carbocycles. The van der Waals surface area contributed by atoms with E-state index in [0.29, 0.717) is 42.2 Å². The van der Waals surface area contributed by atoms with Crippen LogP contribution in [0.25, 0.3) is 5.69 Å². The molecule has 11 heteroatoms. The lowest BCUT2D eigenvalue weighted by atomic mass is 10.2. The van der Waals surface area contributed by atoms with E-state index in [0.717, 1.165) is 42.1 Å². The second kappa shape index (κ2) is 9.35. The van der Waals surface area contributed by atoms with E-state index in [4.69, 9.17) is 23.9 Å². The number of anilines is 3. The highest BCUT2D eigenvalue weighted by atomic mass is 16.5. The molecule has 1 aromatic carbocycles. The van der Waals surface area contributed by atoms with E-state index >= 15 is 0 Å². The largest absolute Gasteiger partial charge is 0.493 e. The van der Waals surface area contributed by atoms with Crippen LogP contribution in [0.2, 0.25) is 0 Å². The average molecular weight is 469 g/mol. The molecule has 0 amide bonds. The fraction of sp³-hybridized carbons (Fsp3) is 0.435. The van der Waals surface area contributed by atoms with E-state index < -0.39 is 0 Å². The zero-order valence-electron chi connectivity index (χ0n) is 19.4. The Kier molecular flexibility index (Phi) is 6.12. The van der Waals surface area contributed by atoms with Gasteiger partial charge >= 0.3 is 0 Å². The molecule has 11 nitrogen and oxygen atoms in total. The average Bonchev–Trinajstić information content (AvgIpc) is 3.63. The fourth-order valence-electron chi connectivity index (χ4n) is 4.49. The Labute approximate surface area is 197 Å². The number of ether oxygens (including phenoxy) is 4. The summed E-state index contributed by atoms with van der Waals surface area (Å²) in [6, 6.07) is 3.75. The Bertz CT molecular complexity index is 1160. The third-order valence-corrected chi connectivity index (χ3v) is 6.19. The topological polar surface area (TPSA) is 116 Å². The third kappa shape index (κ3) is 3.97. The lowest BCUT2D eigenvalue weighted by Gasteiger charge is -2.26. The molecule has 5 rings (SSSR count). The number of nitrogens with zero attached hydrogens (tertiary/aromatic N) is 5. The first-order chi connectivity index (χ1) is 16.6. The van der Waals surface area contributed by atoms with Crippen molar-refractivity contribution >= 4 is 17.6 Å². The summed E-state index contributed by atoms with van der Waals surface area (Å²) < 4.78 is 23.8. The van der Waals surface area contributed by atoms with Crippen LogP contribution in [-0.2, 0) is 18.0 Å². The highest BCUT2D eigenvalue weighted by Gasteiger charge is 2.30. The molecule has 0 unspecified atom stereocenters. The molecular formula is C23H28N6O5. The van der Waals surface area contributed by atoms with Crippen molar-refractivity contribution in [3.8, 4) is 22.9 Å². The van der Waals surface area contributed by atoms with Gasteiger partial charge in [0.2, 0.25) is 11.7 Å². The van der Waals surface area contributed by atoms with Crippen LogP contribution in [-0.4, -0.2) is 65.1 Å². The number of hydrogen-bond donors (Lipinski definition) is 2. The van der Waals surface area contributed by atoms with Crippen LogP contribution in [0.5, 0.6) is 17.2 Å². The quantitative estimate of drug-likeness (QED) is 0.511. The molecule has 1 saturated heterocycles. The van der Waals surface area contributed by atoms with Gasteiger partial charge in [-0.05, 0) is 12.8 Å². The predicted molar refractivity (Wildman–Crippen MR) is 124 cm³/mol. The minimum atomic E-state index is 0.0618. The fourth-order valence-corrected chi connectivity index (χ4v) is 4.49. The molecule has 0 spiro atoms. The summed E-state index contributed by atoms with van der Waals surface area (Å²) in [5, 5.41) is 13.0. The van der Waals surface area contributed by atoms with Gasteiger partial charge in [-0.2, -0.15) is 4.98 Å². The first-order valence-electron chi connectivity index (χ1n) is 11.1. The first-order valence-corrected chi connectivity index (χ1v) is 11.1. The monoisotopic (exact) mass is 468 g/mol. The number of nitrogens with one attached hydrogen (secondary N) is 1. The van der Waals surface area contributed by atoms with Crippen molar-refractivity contribution in [1.82, 2.24) is 19.5 Å². The molecule has 180 valence electrons. The Balaban J connectivity index is 1.44. The first kappa shape index (κ1) is 22.2. The normalized spacial score (nSPS) is 17.1. The van der Waals surface area contributed by atoms with Gasteiger partial charge in [0.15, 0.2) is 17.3 Å². The smallest absolute Gasteiger partial charge is 0.230 e. The van der Waals surface area contributed by atoms with Crippen molar-refractivity contribution in [3.63, 3.8) is 0 Å². The van der Waals surface area contributed by atoms with Gasteiger partial charge in [0, 0.05) is 24.2 Å². The maximum atomic E-state index is 9.80. The number of aliphatic hydroxyl groups excluding tert-OH is 1. The number of imidazole rings is 1. The number of methoxy groups -OCH3 is 3. The molecule has 2 N–H and O–H groups in total. The number of fused-ring (bicyclic) bond motifs is 1. The van der Waals surface area contributed by atoms with Crippen molar-refractivity contribution in [1.29, 1.82) is 0 Å². The molecule has 3 aromatic rings. The van der Waals surface area contributed by atoms with Crippen LogP contribution in [0.15, 0.2) is 24.7 Å². The van der Waals surface area contributed by atoms with E-state index in [1.807, 2.05) is 22.9 Å². The zero-order chi connectivity index (χ0) is 23.7. The minimum absolute atomic E-state index is 0.0618. The lowest BCUT2D eigenvalue weighted by Crippen LogP contribution is -2.33. The van der Waals surface area contributed by atoms with Crippen molar-refractivity contribution < 1.29 is 24.1 Å². The van der Waals surface area contributed by atoms with Gasteiger partial charge in [0.25, 0.3) is 0 Å². The molecule has 2 aliphatic rings.